The number of carbonyl (C=O) groups excluding carboxylic acids is 2. The van der Waals surface area contributed by atoms with Gasteiger partial charge in [-0.05, 0) is 103 Å². The summed E-state index contributed by atoms with van der Waals surface area (Å²) in [5, 5.41) is 10.6. The zero-order valence-electron chi connectivity index (χ0n) is 23.2. The summed E-state index contributed by atoms with van der Waals surface area (Å²) in [5.41, 5.74) is 9.19. The molecule has 2 N–H and O–H groups in total. The molecule has 0 heterocycles. The number of nitrogens with two attached hydrogens (primary N) is 1. The van der Waals surface area contributed by atoms with E-state index in [9.17, 15) is 14.9 Å². The van der Waals surface area contributed by atoms with E-state index in [0.717, 1.165) is 62.5 Å². The first-order valence-electron chi connectivity index (χ1n) is 14.3. The van der Waals surface area contributed by atoms with Crippen molar-refractivity contribution in [2.45, 2.75) is 78.2 Å². The Labute approximate surface area is 237 Å². The van der Waals surface area contributed by atoms with E-state index in [1.165, 1.54) is 12.5 Å². The Morgan fingerprint density at radius 2 is 1.85 bits per heavy atom. The third-order valence-electron chi connectivity index (χ3n) is 10.7. The van der Waals surface area contributed by atoms with Crippen LogP contribution in [0.15, 0.2) is 53.1 Å². The van der Waals surface area contributed by atoms with E-state index < -0.39 is 5.91 Å². The lowest BCUT2D eigenvalue weighted by molar-refractivity contribution is -0.148. The van der Waals surface area contributed by atoms with Gasteiger partial charge in [-0.15, -0.1) is 0 Å². The molecule has 5 nitrogen and oxygen atoms in total. The number of benzene rings is 1. The Morgan fingerprint density at radius 1 is 1.10 bits per heavy atom. The highest BCUT2D eigenvalue weighted by Gasteiger charge is 2.59. The molecule has 0 spiro atoms. The summed E-state index contributed by atoms with van der Waals surface area (Å²) in [6, 6.07) is 9.68. The van der Waals surface area contributed by atoms with Gasteiger partial charge in [-0.25, -0.2) is 0 Å². The number of hydrogen-bond donors (Lipinski definition) is 1. The molecule has 1 amide bonds. The highest BCUT2D eigenvalue weighted by atomic mass is 35.5. The predicted molar refractivity (Wildman–Crippen MR) is 153 cm³/mol. The van der Waals surface area contributed by atoms with Gasteiger partial charge in [0.2, 0.25) is 0 Å². The van der Waals surface area contributed by atoms with Crippen molar-refractivity contribution in [1.82, 2.24) is 0 Å². The lowest BCUT2D eigenvalue weighted by Gasteiger charge is -2.58. The molecule has 1 aromatic rings. The number of rotatable bonds is 5. The summed E-state index contributed by atoms with van der Waals surface area (Å²) in [6.07, 6.45) is 14.5. The largest absolute Gasteiger partial charge is 0.462 e. The molecule has 5 rings (SSSR count). The molecule has 3 fully saturated rings. The molecule has 6 heteroatoms. The van der Waals surface area contributed by atoms with Crippen molar-refractivity contribution in [2.24, 2.45) is 40.2 Å². The Balaban J connectivity index is 1.44. The molecular weight excluding hydrogens is 508 g/mol. The van der Waals surface area contributed by atoms with E-state index in [1.807, 2.05) is 36.4 Å². The van der Waals surface area contributed by atoms with Crippen molar-refractivity contribution >= 4 is 29.6 Å². The maximum absolute atomic E-state index is 12.4. The second-order valence-electron chi connectivity index (χ2n) is 12.6. The van der Waals surface area contributed by atoms with Crippen LogP contribution in [0.3, 0.4) is 0 Å². The number of ether oxygens (including phenoxy) is 1. The van der Waals surface area contributed by atoms with Gasteiger partial charge in [-0.2, -0.15) is 5.26 Å². The smallest absolute Gasteiger partial charge is 0.302 e. The highest BCUT2D eigenvalue weighted by Crippen LogP contribution is 2.67. The van der Waals surface area contributed by atoms with Gasteiger partial charge in [-0.1, -0.05) is 61.4 Å². The number of fused-ring (bicyclic) bond motifs is 5. The molecule has 0 radical (unpaired) electrons. The third-order valence-corrected chi connectivity index (χ3v) is 11.0. The van der Waals surface area contributed by atoms with Crippen LogP contribution in [0.5, 0.6) is 0 Å². The van der Waals surface area contributed by atoms with Crippen molar-refractivity contribution < 1.29 is 14.3 Å². The lowest BCUT2D eigenvalue weighted by atomic mass is 9.47. The fourth-order valence-corrected chi connectivity index (χ4v) is 9.00. The van der Waals surface area contributed by atoms with Gasteiger partial charge in [0.05, 0.1) is 0 Å². The van der Waals surface area contributed by atoms with Crippen LogP contribution in [0.4, 0.5) is 0 Å². The Kier molecular flexibility index (Phi) is 7.55. The number of halogens is 1. The van der Waals surface area contributed by atoms with Crippen molar-refractivity contribution in [3.05, 3.63) is 63.7 Å². The van der Waals surface area contributed by atoms with Gasteiger partial charge >= 0.3 is 5.97 Å². The molecule has 0 saturated heterocycles. The Hall–Kier alpha value is -2.84. The van der Waals surface area contributed by atoms with E-state index >= 15 is 0 Å². The normalized spacial score (nSPS) is 36.1. The average Bonchev–Trinajstić information content (AvgIpc) is 3.24. The summed E-state index contributed by atoms with van der Waals surface area (Å²) in [5.74, 6) is 0.965. The minimum atomic E-state index is -0.656. The first kappa shape index (κ1) is 27.7. The van der Waals surface area contributed by atoms with Gasteiger partial charge in [0.25, 0.3) is 5.91 Å². The van der Waals surface area contributed by atoms with Gasteiger partial charge in [0, 0.05) is 18.4 Å². The number of nitrogens with zero attached hydrogens (tertiary/aromatic N) is 1. The molecule has 7 atom stereocenters. The number of amides is 1. The second-order valence-corrected chi connectivity index (χ2v) is 13.0. The molecule has 39 heavy (non-hydrogen) atoms. The van der Waals surface area contributed by atoms with Crippen molar-refractivity contribution in [3.8, 4) is 6.07 Å². The highest BCUT2D eigenvalue weighted by molar-refractivity contribution is 6.30. The van der Waals surface area contributed by atoms with Crippen LogP contribution < -0.4 is 5.73 Å². The molecule has 206 valence electrons. The second kappa shape index (κ2) is 10.6. The van der Waals surface area contributed by atoms with Crippen LogP contribution >= 0.6 is 11.6 Å². The zero-order valence-corrected chi connectivity index (χ0v) is 24.0. The monoisotopic (exact) mass is 546 g/mol. The summed E-state index contributed by atoms with van der Waals surface area (Å²) in [6.45, 7) is 6.33. The number of esters is 1. The molecule has 0 bridgehead atoms. The zero-order chi connectivity index (χ0) is 27.9. The van der Waals surface area contributed by atoms with E-state index in [0.29, 0.717) is 22.8 Å². The topological polar surface area (TPSA) is 93.2 Å². The van der Waals surface area contributed by atoms with Crippen molar-refractivity contribution in [3.63, 3.8) is 0 Å². The van der Waals surface area contributed by atoms with E-state index in [1.54, 1.807) is 0 Å². The van der Waals surface area contributed by atoms with Crippen LogP contribution in [-0.2, 0) is 14.3 Å². The number of hydrogen-bond acceptors (Lipinski definition) is 4. The molecular formula is C33H39ClN2O3. The molecule has 4 aliphatic rings. The SMILES string of the molecule is CC(=O)O[C@H]1CC[C@@]2(C)C(=CC[C@@H]3[C@@H]2CC[C@]2(C)C(C(/C=C/c4ccc(Cl)cc4)=C(\C#N)C(N)=O)CC[C@@H]32)C1. The molecule has 0 aromatic heterocycles. The average molecular weight is 547 g/mol. The fraction of sp³-hybridized carbons (Fsp3) is 0.545. The first-order valence-corrected chi connectivity index (χ1v) is 14.7. The standard InChI is InChI=1S/C33H39ClN2O3/c1-20(37)39-24-14-16-32(2)22(18-24)7-11-26-29-13-12-28(33(29,3)17-15-30(26)32)25(27(19-35)31(36)38)10-6-21-4-8-23(34)9-5-21/h4-10,24,26,28-30H,11-18H2,1-3H3,(H2,36,38)/b10-6+,27-25+/t24-,26-,28?,29-,30-,32-,33+/m0/s1. The van der Waals surface area contributed by atoms with Gasteiger partial charge < -0.3 is 10.5 Å². The number of primary amides is 1. The third kappa shape index (κ3) is 4.97. The van der Waals surface area contributed by atoms with E-state index in [2.05, 4.69) is 26.0 Å². The Morgan fingerprint density at radius 3 is 2.51 bits per heavy atom. The van der Waals surface area contributed by atoms with Gasteiger partial charge in [-0.3, -0.25) is 9.59 Å². The molecule has 3 saturated carbocycles. The molecule has 1 unspecified atom stereocenters. The molecule has 1 aromatic carbocycles. The number of nitriles is 1. The van der Waals surface area contributed by atoms with Crippen LogP contribution in [-0.4, -0.2) is 18.0 Å². The van der Waals surface area contributed by atoms with Gasteiger partial charge in [0.15, 0.2) is 0 Å². The van der Waals surface area contributed by atoms with E-state index in [4.69, 9.17) is 22.1 Å². The summed E-state index contributed by atoms with van der Waals surface area (Å²) >= 11 is 6.06. The Bertz CT molecular complexity index is 1290. The quantitative estimate of drug-likeness (QED) is 0.139. The minimum Gasteiger partial charge on any atom is -0.462 e. The summed E-state index contributed by atoms with van der Waals surface area (Å²) in [7, 11) is 0. The first-order chi connectivity index (χ1) is 18.6. The number of allylic oxidation sites excluding steroid dienone is 3. The molecule has 4 aliphatic carbocycles. The van der Waals surface area contributed by atoms with Crippen LogP contribution in [0.1, 0.15) is 77.7 Å². The summed E-state index contributed by atoms with van der Waals surface area (Å²) in [4.78, 5) is 24.0. The van der Waals surface area contributed by atoms with Crippen LogP contribution in [0.25, 0.3) is 6.08 Å². The molecule has 0 aliphatic heterocycles. The van der Waals surface area contributed by atoms with Crippen LogP contribution in [0, 0.1) is 45.8 Å². The van der Waals surface area contributed by atoms with Crippen LogP contribution in [0.2, 0.25) is 5.02 Å². The van der Waals surface area contributed by atoms with Crippen molar-refractivity contribution in [1.29, 1.82) is 5.26 Å². The minimum absolute atomic E-state index is 0.00131. The predicted octanol–water partition coefficient (Wildman–Crippen LogP) is 7.17. The number of carbonyl (C=O) groups is 2. The van der Waals surface area contributed by atoms with Gasteiger partial charge in [0.1, 0.15) is 17.7 Å². The lowest BCUT2D eigenvalue weighted by Crippen LogP contribution is -2.50. The van der Waals surface area contributed by atoms with Crippen molar-refractivity contribution in [2.75, 3.05) is 0 Å². The summed E-state index contributed by atoms with van der Waals surface area (Å²) < 4.78 is 5.60. The fourth-order valence-electron chi connectivity index (χ4n) is 8.87. The maximum atomic E-state index is 12.4. The van der Waals surface area contributed by atoms with E-state index in [-0.39, 0.29) is 34.4 Å². The maximum Gasteiger partial charge on any atom is 0.302 e.